The fourth-order valence-electron chi connectivity index (χ4n) is 4.81. The molecule has 208 valence electrons. The minimum atomic E-state index is -0.643. The van der Waals surface area contributed by atoms with Crippen LogP contribution in [-0.4, -0.2) is 64.4 Å². The zero-order valence-electron chi connectivity index (χ0n) is 22.4. The van der Waals surface area contributed by atoms with Gasteiger partial charge in [-0.05, 0) is 49.2 Å². The van der Waals surface area contributed by atoms with E-state index in [-0.39, 0.29) is 30.4 Å². The third-order valence-corrected chi connectivity index (χ3v) is 8.05. The molecule has 0 unspecified atom stereocenters. The van der Waals surface area contributed by atoms with E-state index in [0.717, 1.165) is 28.5 Å². The Bertz CT molecular complexity index is 1530. The number of thioether (sulfide) groups is 1. The molecular formula is C30H30ClN3O5S. The Hall–Kier alpha value is -3.53. The highest BCUT2D eigenvalue weighted by atomic mass is 35.5. The monoisotopic (exact) mass is 579 g/mol. The molecule has 1 amide bonds. The summed E-state index contributed by atoms with van der Waals surface area (Å²) in [5.41, 5.74) is 3.53. The van der Waals surface area contributed by atoms with E-state index in [0.29, 0.717) is 47.0 Å². The zero-order chi connectivity index (χ0) is 28.2. The first-order chi connectivity index (χ1) is 19.4. The maximum Gasteiger partial charge on any atom is 0.344 e. The van der Waals surface area contributed by atoms with E-state index < -0.39 is 5.97 Å². The normalized spacial score (nSPS) is 17.8. The highest BCUT2D eigenvalue weighted by Crippen LogP contribution is 2.41. The fourth-order valence-corrected chi connectivity index (χ4v) is 5.97. The van der Waals surface area contributed by atoms with Gasteiger partial charge < -0.3 is 24.0 Å². The number of carbonyl (C=O) groups excluding carboxylic acids is 2. The number of carbonyl (C=O) groups is 2. The molecule has 2 aliphatic heterocycles. The molecule has 1 N–H and O–H groups in total. The van der Waals surface area contributed by atoms with Crippen LogP contribution in [0.25, 0.3) is 17.0 Å². The Kier molecular flexibility index (Phi) is 8.63. The predicted octanol–water partition coefficient (Wildman–Crippen LogP) is 5.91. The van der Waals surface area contributed by atoms with Crippen molar-refractivity contribution in [3.05, 3.63) is 81.0 Å². The molecule has 8 nitrogen and oxygen atoms in total. The van der Waals surface area contributed by atoms with E-state index in [1.54, 1.807) is 31.2 Å². The second-order valence-electron chi connectivity index (χ2n) is 9.32. The van der Waals surface area contributed by atoms with Crippen LogP contribution < -0.4 is 0 Å². The Labute approximate surface area is 241 Å². The number of aromatic nitrogens is 1. The molecule has 1 saturated heterocycles. The summed E-state index contributed by atoms with van der Waals surface area (Å²) >= 11 is 7.21. The number of esters is 1. The average molecular weight is 580 g/mol. The average Bonchev–Trinajstić information content (AvgIpc) is 3.46. The van der Waals surface area contributed by atoms with Crippen molar-refractivity contribution in [2.45, 2.75) is 26.8 Å². The van der Waals surface area contributed by atoms with Crippen LogP contribution in [0, 0.1) is 0 Å². The largest absolute Gasteiger partial charge is 0.506 e. The number of aliphatic hydroxyl groups is 1. The van der Waals surface area contributed by atoms with Crippen LogP contribution in [0.5, 0.6) is 0 Å². The van der Waals surface area contributed by atoms with Crippen molar-refractivity contribution in [3.8, 4) is 0 Å². The molecule has 0 bridgehead atoms. The number of hydrogen-bond acceptors (Lipinski definition) is 7. The molecule has 40 heavy (non-hydrogen) atoms. The Balaban J connectivity index is 1.56. The summed E-state index contributed by atoms with van der Waals surface area (Å²) in [7, 11) is 0. The van der Waals surface area contributed by atoms with Crippen molar-refractivity contribution in [1.29, 1.82) is 0 Å². The topological polar surface area (TPSA) is 93.4 Å². The quantitative estimate of drug-likeness (QED) is 0.350. The van der Waals surface area contributed by atoms with Crippen LogP contribution in [0.4, 0.5) is 5.69 Å². The molecule has 10 heteroatoms. The zero-order valence-corrected chi connectivity index (χ0v) is 23.9. The number of para-hydroxylation sites is 1. The summed E-state index contributed by atoms with van der Waals surface area (Å²) in [5.74, 6) is -0.797. The Morgan fingerprint density at radius 1 is 1.15 bits per heavy atom. The first-order valence-electron chi connectivity index (χ1n) is 13.2. The molecule has 3 heterocycles. The summed E-state index contributed by atoms with van der Waals surface area (Å²) in [6, 6.07) is 13.0. The molecule has 2 aliphatic rings. The molecule has 3 aromatic rings. The number of nitrogens with zero attached hydrogens (tertiary/aromatic N) is 3. The maximum atomic E-state index is 13.1. The molecule has 0 radical (unpaired) electrons. The minimum Gasteiger partial charge on any atom is -0.506 e. The Morgan fingerprint density at radius 2 is 1.90 bits per heavy atom. The van der Waals surface area contributed by atoms with Gasteiger partial charge in [0.2, 0.25) is 5.91 Å². The van der Waals surface area contributed by atoms with Crippen molar-refractivity contribution >= 4 is 62.9 Å². The van der Waals surface area contributed by atoms with E-state index >= 15 is 0 Å². The van der Waals surface area contributed by atoms with Crippen molar-refractivity contribution in [3.63, 3.8) is 0 Å². The first kappa shape index (κ1) is 28.0. The molecule has 5 rings (SSSR count). The third kappa shape index (κ3) is 5.82. The molecule has 0 atom stereocenters. The number of halogens is 1. The SMILES string of the molecule is CCOC(=O)C1=C(O)/C(=C/c2cn(CC(=O)N3CCOCC3)c3c(CC)cccc23)SC1=Nc1ccc(Cl)cc1. The molecule has 0 spiro atoms. The van der Waals surface area contributed by atoms with Crippen molar-refractivity contribution in [2.24, 2.45) is 4.99 Å². The lowest BCUT2D eigenvalue weighted by Crippen LogP contribution is -2.42. The number of aryl methyl sites for hydroxylation is 1. The number of hydrogen-bond donors (Lipinski definition) is 1. The summed E-state index contributed by atoms with van der Waals surface area (Å²) in [4.78, 5) is 32.9. The Morgan fingerprint density at radius 3 is 2.60 bits per heavy atom. The number of benzene rings is 2. The third-order valence-electron chi connectivity index (χ3n) is 6.78. The minimum absolute atomic E-state index is 0.0218. The van der Waals surface area contributed by atoms with E-state index in [1.165, 1.54) is 11.8 Å². The lowest BCUT2D eigenvalue weighted by atomic mass is 10.1. The van der Waals surface area contributed by atoms with Gasteiger partial charge in [0, 0.05) is 35.3 Å². The van der Waals surface area contributed by atoms with Crippen LogP contribution in [0.2, 0.25) is 5.02 Å². The maximum absolute atomic E-state index is 13.1. The second kappa shape index (κ2) is 12.3. The summed E-state index contributed by atoms with van der Waals surface area (Å²) in [6.07, 6.45) is 4.57. The van der Waals surface area contributed by atoms with Crippen LogP contribution >= 0.6 is 23.4 Å². The van der Waals surface area contributed by atoms with Crippen molar-refractivity contribution < 1.29 is 24.2 Å². The molecule has 1 aromatic heterocycles. The van der Waals surface area contributed by atoms with Gasteiger partial charge in [-0.25, -0.2) is 9.79 Å². The van der Waals surface area contributed by atoms with E-state index in [2.05, 4.69) is 18.0 Å². The molecule has 2 aromatic carbocycles. The summed E-state index contributed by atoms with van der Waals surface area (Å²) in [6.45, 7) is 6.40. The van der Waals surface area contributed by atoms with Gasteiger partial charge in [0.25, 0.3) is 0 Å². The number of aliphatic imine (C=N–C) groups is 1. The molecule has 1 fully saturated rings. The number of fused-ring (bicyclic) bond motifs is 1. The van der Waals surface area contributed by atoms with Gasteiger partial charge in [0.05, 0.1) is 35.9 Å². The van der Waals surface area contributed by atoms with Gasteiger partial charge in [-0.1, -0.05) is 48.5 Å². The van der Waals surface area contributed by atoms with Crippen LogP contribution in [0.15, 0.2) is 69.9 Å². The molecular weight excluding hydrogens is 550 g/mol. The van der Waals surface area contributed by atoms with Gasteiger partial charge in [0.1, 0.15) is 22.9 Å². The smallest absolute Gasteiger partial charge is 0.344 e. The summed E-state index contributed by atoms with van der Waals surface area (Å²) in [5, 5.41) is 13.1. The fraction of sp³-hybridized carbons (Fsp3) is 0.300. The number of morpholine rings is 1. The lowest BCUT2D eigenvalue weighted by Gasteiger charge is -2.27. The van der Waals surface area contributed by atoms with Crippen molar-refractivity contribution in [2.75, 3.05) is 32.9 Å². The lowest BCUT2D eigenvalue weighted by molar-refractivity contribution is -0.138. The standard InChI is InChI=1S/C30H30ClN3O5S/c1-3-19-6-5-7-23-20(17-34(27(19)23)18-25(35)33-12-14-38-15-13-33)16-24-28(36)26(30(37)39-4-2)29(40-24)32-22-10-8-21(31)9-11-22/h5-11,16-17,36H,3-4,12-15,18H2,1-2H3/b24-16-,32-29?. The van der Waals surface area contributed by atoms with E-state index in [4.69, 9.17) is 21.1 Å². The van der Waals surface area contributed by atoms with Crippen LogP contribution in [0.1, 0.15) is 25.0 Å². The number of aliphatic hydroxyl groups excluding tert-OH is 1. The van der Waals surface area contributed by atoms with Gasteiger partial charge in [-0.2, -0.15) is 0 Å². The first-order valence-corrected chi connectivity index (χ1v) is 14.4. The van der Waals surface area contributed by atoms with Crippen LogP contribution in [-0.2, 0) is 32.0 Å². The molecule has 0 saturated carbocycles. The highest BCUT2D eigenvalue weighted by molar-refractivity contribution is 8.18. The van der Waals surface area contributed by atoms with Gasteiger partial charge in [0.15, 0.2) is 0 Å². The van der Waals surface area contributed by atoms with Crippen molar-refractivity contribution in [1.82, 2.24) is 9.47 Å². The van der Waals surface area contributed by atoms with E-state index in [9.17, 15) is 14.7 Å². The van der Waals surface area contributed by atoms with Gasteiger partial charge >= 0.3 is 5.97 Å². The predicted molar refractivity (Wildman–Crippen MR) is 159 cm³/mol. The number of ether oxygens (including phenoxy) is 2. The van der Waals surface area contributed by atoms with Gasteiger partial charge in [-0.15, -0.1) is 0 Å². The summed E-state index contributed by atoms with van der Waals surface area (Å²) < 4.78 is 12.6. The molecule has 0 aliphatic carbocycles. The van der Waals surface area contributed by atoms with E-state index in [1.807, 2.05) is 33.9 Å². The van der Waals surface area contributed by atoms with Crippen LogP contribution in [0.3, 0.4) is 0 Å². The highest BCUT2D eigenvalue weighted by Gasteiger charge is 2.33. The number of rotatable bonds is 7. The van der Waals surface area contributed by atoms with Gasteiger partial charge in [-0.3, -0.25) is 4.79 Å². The second-order valence-corrected chi connectivity index (χ2v) is 10.8. The number of amides is 1.